The van der Waals surface area contributed by atoms with Gasteiger partial charge in [-0.1, -0.05) is 12.8 Å². The van der Waals surface area contributed by atoms with Crippen LogP contribution >= 0.6 is 11.6 Å². The van der Waals surface area contributed by atoms with Crippen LogP contribution in [0.2, 0.25) is 0 Å². The third kappa shape index (κ3) is 2.29. The predicted octanol–water partition coefficient (Wildman–Crippen LogP) is 3.21. The molecule has 4 heteroatoms. The van der Waals surface area contributed by atoms with Crippen LogP contribution in [0.3, 0.4) is 0 Å². The lowest BCUT2D eigenvalue weighted by Gasteiger charge is -2.35. The number of hydrogen-bond donors (Lipinski definition) is 0. The van der Waals surface area contributed by atoms with Gasteiger partial charge in [-0.25, -0.2) is 9.37 Å². The minimum Gasteiger partial charge on any atom is -0.353 e. The van der Waals surface area contributed by atoms with E-state index in [1.807, 2.05) is 11.9 Å². The van der Waals surface area contributed by atoms with Gasteiger partial charge in [-0.3, -0.25) is 0 Å². The van der Waals surface area contributed by atoms with Crippen molar-refractivity contribution in [2.45, 2.75) is 37.1 Å². The monoisotopic (exact) mass is 242 g/mol. The van der Waals surface area contributed by atoms with Crippen LogP contribution in [0.4, 0.5) is 10.2 Å². The van der Waals surface area contributed by atoms with Crippen molar-refractivity contribution in [3.63, 3.8) is 0 Å². The van der Waals surface area contributed by atoms with Crippen LogP contribution in [0.1, 0.15) is 25.7 Å². The molecule has 0 aliphatic heterocycles. The summed E-state index contributed by atoms with van der Waals surface area (Å²) in [5.74, 6) is 0.125. The molecule has 2 unspecified atom stereocenters. The second-order valence-electron chi connectivity index (χ2n) is 4.29. The SMILES string of the molecule is CN(c1ncccc1F)C1CCCCC1Cl. The Hall–Kier alpha value is -0.830. The first kappa shape index (κ1) is 11.6. The van der Waals surface area contributed by atoms with Crippen molar-refractivity contribution in [1.29, 1.82) is 0 Å². The molecule has 0 radical (unpaired) electrons. The number of anilines is 1. The standard InChI is InChI=1S/C12H16ClFN2/c1-16(11-7-3-2-5-9(11)13)12-10(14)6-4-8-15-12/h4,6,8-9,11H,2-3,5,7H2,1H3. The molecular weight excluding hydrogens is 227 g/mol. The first-order valence-electron chi connectivity index (χ1n) is 5.67. The van der Waals surface area contributed by atoms with Crippen LogP contribution in [0.25, 0.3) is 0 Å². The average molecular weight is 243 g/mol. The lowest BCUT2D eigenvalue weighted by Crippen LogP contribution is -2.41. The maximum absolute atomic E-state index is 13.6. The predicted molar refractivity (Wildman–Crippen MR) is 64.5 cm³/mol. The van der Waals surface area contributed by atoms with Crippen molar-refractivity contribution in [3.05, 3.63) is 24.1 Å². The molecule has 16 heavy (non-hydrogen) atoms. The van der Waals surface area contributed by atoms with Gasteiger partial charge in [-0.2, -0.15) is 0 Å². The average Bonchev–Trinajstić information content (AvgIpc) is 2.29. The fraction of sp³-hybridized carbons (Fsp3) is 0.583. The number of alkyl halides is 1. The second kappa shape index (κ2) is 5.00. The van der Waals surface area contributed by atoms with E-state index in [0.29, 0.717) is 5.82 Å². The Balaban J connectivity index is 2.17. The van der Waals surface area contributed by atoms with Gasteiger partial charge in [0.25, 0.3) is 0 Å². The highest BCUT2D eigenvalue weighted by Crippen LogP contribution is 2.29. The Kier molecular flexibility index (Phi) is 3.64. The van der Waals surface area contributed by atoms with E-state index in [1.165, 1.54) is 12.5 Å². The van der Waals surface area contributed by atoms with E-state index in [-0.39, 0.29) is 17.2 Å². The minimum absolute atomic E-state index is 0.0974. The largest absolute Gasteiger partial charge is 0.353 e. The number of rotatable bonds is 2. The maximum Gasteiger partial charge on any atom is 0.165 e. The van der Waals surface area contributed by atoms with E-state index in [2.05, 4.69) is 4.98 Å². The molecule has 2 rings (SSSR count). The van der Waals surface area contributed by atoms with Crippen LogP contribution in [0, 0.1) is 5.82 Å². The number of nitrogens with zero attached hydrogens (tertiary/aromatic N) is 2. The van der Waals surface area contributed by atoms with Gasteiger partial charge in [0.15, 0.2) is 11.6 Å². The Morgan fingerprint density at radius 2 is 2.19 bits per heavy atom. The molecule has 2 atom stereocenters. The topological polar surface area (TPSA) is 16.1 Å². The van der Waals surface area contributed by atoms with Crippen molar-refractivity contribution in [3.8, 4) is 0 Å². The molecule has 0 saturated heterocycles. The normalized spacial score (nSPS) is 25.4. The Morgan fingerprint density at radius 1 is 1.44 bits per heavy atom. The summed E-state index contributed by atoms with van der Waals surface area (Å²) >= 11 is 6.29. The zero-order chi connectivity index (χ0) is 11.5. The van der Waals surface area contributed by atoms with Crippen LogP contribution in [-0.4, -0.2) is 23.5 Å². The summed E-state index contributed by atoms with van der Waals surface area (Å²) in [4.78, 5) is 5.96. The van der Waals surface area contributed by atoms with Crippen LogP contribution < -0.4 is 4.90 Å². The summed E-state index contributed by atoms with van der Waals surface area (Å²) in [5, 5.41) is 0.0974. The summed E-state index contributed by atoms with van der Waals surface area (Å²) in [6, 6.07) is 3.23. The molecule has 1 aliphatic carbocycles. The molecule has 1 aromatic rings. The van der Waals surface area contributed by atoms with Crippen molar-refractivity contribution in [2.75, 3.05) is 11.9 Å². The molecule has 0 N–H and O–H groups in total. The van der Waals surface area contributed by atoms with Crippen molar-refractivity contribution < 1.29 is 4.39 Å². The molecule has 1 fully saturated rings. The molecule has 2 nitrogen and oxygen atoms in total. The van der Waals surface area contributed by atoms with Crippen molar-refractivity contribution in [2.24, 2.45) is 0 Å². The summed E-state index contributed by atoms with van der Waals surface area (Å²) in [6.07, 6.45) is 5.96. The summed E-state index contributed by atoms with van der Waals surface area (Å²) in [7, 11) is 1.87. The van der Waals surface area contributed by atoms with E-state index >= 15 is 0 Å². The molecule has 1 saturated carbocycles. The zero-order valence-corrected chi connectivity index (χ0v) is 10.1. The molecule has 1 heterocycles. The first-order valence-corrected chi connectivity index (χ1v) is 6.11. The smallest absolute Gasteiger partial charge is 0.165 e. The lowest BCUT2D eigenvalue weighted by molar-refractivity contribution is 0.428. The Morgan fingerprint density at radius 3 is 2.88 bits per heavy atom. The molecule has 0 aromatic carbocycles. The number of hydrogen-bond acceptors (Lipinski definition) is 2. The van der Waals surface area contributed by atoms with Crippen molar-refractivity contribution in [1.82, 2.24) is 4.98 Å². The highest BCUT2D eigenvalue weighted by atomic mass is 35.5. The molecule has 1 aromatic heterocycles. The van der Waals surface area contributed by atoms with E-state index in [4.69, 9.17) is 11.6 Å². The first-order chi connectivity index (χ1) is 7.70. The molecule has 0 amide bonds. The number of pyridine rings is 1. The number of halogens is 2. The molecule has 0 bridgehead atoms. The van der Waals surface area contributed by atoms with Gasteiger partial charge < -0.3 is 4.90 Å². The highest BCUT2D eigenvalue weighted by molar-refractivity contribution is 6.21. The Labute approximate surface area is 100 Å². The highest BCUT2D eigenvalue weighted by Gasteiger charge is 2.28. The van der Waals surface area contributed by atoms with Gasteiger partial charge in [-0.05, 0) is 25.0 Å². The maximum atomic E-state index is 13.6. The third-order valence-electron chi connectivity index (χ3n) is 3.22. The lowest BCUT2D eigenvalue weighted by atomic mass is 9.94. The quantitative estimate of drug-likeness (QED) is 0.741. The van der Waals surface area contributed by atoms with Gasteiger partial charge >= 0.3 is 0 Å². The van der Waals surface area contributed by atoms with Crippen molar-refractivity contribution >= 4 is 17.4 Å². The minimum atomic E-state index is -0.278. The van der Waals surface area contributed by atoms with E-state index in [0.717, 1.165) is 19.3 Å². The van der Waals surface area contributed by atoms with Crippen LogP contribution in [0.15, 0.2) is 18.3 Å². The summed E-state index contributed by atoms with van der Waals surface area (Å²) in [5.41, 5.74) is 0. The molecule has 1 aliphatic rings. The van der Waals surface area contributed by atoms with Gasteiger partial charge in [-0.15, -0.1) is 11.6 Å². The van der Waals surface area contributed by atoms with Crippen LogP contribution in [0.5, 0.6) is 0 Å². The van der Waals surface area contributed by atoms with E-state index < -0.39 is 0 Å². The summed E-state index contributed by atoms with van der Waals surface area (Å²) in [6.45, 7) is 0. The fourth-order valence-electron chi connectivity index (χ4n) is 2.30. The molecular formula is C12H16ClFN2. The number of aromatic nitrogens is 1. The summed E-state index contributed by atoms with van der Waals surface area (Å²) < 4.78 is 13.6. The Bertz CT molecular complexity index is 359. The fourth-order valence-corrected chi connectivity index (χ4v) is 2.75. The van der Waals surface area contributed by atoms with Crippen LogP contribution in [-0.2, 0) is 0 Å². The second-order valence-corrected chi connectivity index (χ2v) is 4.85. The third-order valence-corrected chi connectivity index (χ3v) is 3.73. The van der Waals surface area contributed by atoms with Gasteiger partial charge in [0, 0.05) is 19.3 Å². The zero-order valence-electron chi connectivity index (χ0n) is 9.37. The van der Waals surface area contributed by atoms with E-state index in [1.54, 1.807) is 12.3 Å². The molecule has 0 spiro atoms. The van der Waals surface area contributed by atoms with Gasteiger partial charge in [0.05, 0.1) is 5.38 Å². The van der Waals surface area contributed by atoms with Gasteiger partial charge in [0.1, 0.15) is 0 Å². The van der Waals surface area contributed by atoms with Gasteiger partial charge in [0.2, 0.25) is 0 Å². The van der Waals surface area contributed by atoms with E-state index in [9.17, 15) is 4.39 Å². The molecule has 88 valence electrons.